The smallest absolute Gasteiger partial charge is 0.119 e. The van der Waals surface area contributed by atoms with Crippen molar-refractivity contribution >= 4 is 0 Å². The van der Waals surface area contributed by atoms with Crippen LogP contribution in [0.1, 0.15) is 90.0 Å². The zero-order chi connectivity index (χ0) is 21.7. The van der Waals surface area contributed by atoms with Gasteiger partial charge in [0.25, 0.3) is 0 Å². The van der Waals surface area contributed by atoms with Crippen molar-refractivity contribution < 1.29 is 4.74 Å². The summed E-state index contributed by atoms with van der Waals surface area (Å²) >= 11 is 0. The highest BCUT2D eigenvalue weighted by molar-refractivity contribution is 5.65. The molecule has 1 aliphatic carbocycles. The first kappa shape index (κ1) is 23.5. The number of ether oxygens (including phenoxy) is 1. The van der Waals surface area contributed by atoms with Crippen molar-refractivity contribution in [1.82, 2.24) is 0 Å². The van der Waals surface area contributed by atoms with Gasteiger partial charge in [0.15, 0.2) is 0 Å². The molecule has 0 atom stereocenters. The van der Waals surface area contributed by atoms with Gasteiger partial charge in [0.2, 0.25) is 0 Å². The molecule has 0 heterocycles. The Morgan fingerprint density at radius 1 is 0.742 bits per heavy atom. The summed E-state index contributed by atoms with van der Waals surface area (Å²) in [5.74, 6) is 9.47. The summed E-state index contributed by atoms with van der Waals surface area (Å²) < 4.78 is 5.53. The van der Waals surface area contributed by atoms with Gasteiger partial charge in [0.05, 0.1) is 6.61 Å². The predicted octanol–water partition coefficient (Wildman–Crippen LogP) is 8.66. The molecule has 2 aromatic carbocycles. The third-order valence-corrected chi connectivity index (χ3v) is 6.62. The van der Waals surface area contributed by atoms with Gasteiger partial charge in [0, 0.05) is 11.5 Å². The summed E-state index contributed by atoms with van der Waals surface area (Å²) in [7, 11) is 0. The van der Waals surface area contributed by atoms with E-state index in [9.17, 15) is 0 Å². The average molecular weight is 417 g/mol. The minimum Gasteiger partial charge on any atom is -0.494 e. The molecule has 1 heteroatoms. The van der Waals surface area contributed by atoms with Gasteiger partial charge in [-0.2, -0.15) is 0 Å². The third-order valence-electron chi connectivity index (χ3n) is 6.62. The lowest BCUT2D eigenvalue weighted by atomic mass is 9.80. The van der Waals surface area contributed by atoms with Crippen molar-refractivity contribution in [2.24, 2.45) is 11.8 Å². The van der Waals surface area contributed by atoms with Gasteiger partial charge in [-0.3, -0.25) is 0 Å². The molecule has 1 saturated carbocycles. The first-order chi connectivity index (χ1) is 15.3. The standard InChI is InChI=1S/C30H40O/c1-3-5-6-7-8-9-10-25-11-13-26(14-12-25)15-16-27-17-19-28(20-18-27)29-21-23-30(24-22-29)31-4-2/h17-26H,3-14H2,1-2H3/t25-,26-. The molecule has 0 N–H and O–H groups in total. The Kier molecular flexibility index (Phi) is 10.0. The second-order valence-corrected chi connectivity index (χ2v) is 9.08. The fourth-order valence-corrected chi connectivity index (χ4v) is 4.65. The van der Waals surface area contributed by atoms with Crippen LogP contribution in [0, 0.1) is 23.7 Å². The summed E-state index contributed by atoms with van der Waals surface area (Å²) in [6.45, 7) is 5.00. The lowest BCUT2D eigenvalue weighted by Gasteiger charge is -2.25. The number of hydrogen-bond donors (Lipinski definition) is 0. The quantitative estimate of drug-likeness (QED) is 0.278. The number of unbranched alkanes of at least 4 members (excludes halogenated alkanes) is 5. The molecule has 31 heavy (non-hydrogen) atoms. The monoisotopic (exact) mass is 416 g/mol. The van der Waals surface area contributed by atoms with Crippen LogP contribution < -0.4 is 4.74 Å². The third kappa shape index (κ3) is 8.10. The fourth-order valence-electron chi connectivity index (χ4n) is 4.65. The van der Waals surface area contributed by atoms with Gasteiger partial charge in [-0.25, -0.2) is 0 Å². The topological polar surface area (TPSA) is 9.23 Å². The summed E-state index contributed by atoms with van der Waals surface area (Å²) in [6.07, 6.45) is 15.3. The predicted molar refractivity (Wildman–Crippen MR) is 133 cm³/mol. The van der Waals surface area contributed by atoms with Gasteiger partial charge in [-0.1, -0.05) is 88.0 Å². The van der Waals surface area contributed by atoms with Crippen molar-refractivity contribution in [2.45, 2.75) is 84.5 Å². The van der Waals surface area contributed by atoms with E-state index in [0.717, 1.165) is 17.2 Å². The normalized spacial score (nSPS) is 18.3. The van der Waals surface area contributed by atoms with Crippen molar-refractivity contribution in [3.8, 4) is 28.7 Å². The molecule has 0 amide bonds. The fraction of sp³-hybridized carbons (Fsp3) is 0.533. The van der Waals surface area contributed by atoms with Crippen molar-refractivity contribution in [3.05, 3.63) is 54.1 Å². The van der Waals surface area contributed by atoms with Gasteiger partial charge in [-0.15, -0.1) is 0 Å². The Morgan fingerprint density at radius 2 is 1.35 bits per heavy atom. The van der Waals surface area contributed by atoms with E-state index in [1.165, 1.54) is 81.8 Å². The maximum Gasteiger partial charge on any atom is 0.119 e. The molecule has 0 saturated heterocycles. The van der Waals surface area contributed by atoms with E-state index >= 15 is 0 Å². The van der Waals surface area contributed by atoms with Crippen LogP contribution in [0.4, 0.5) is 0 Å². The first-order valence-corrected chi connectivity index (χ1v) is 12.6. The van der Waals surface area contributed by atoms with Crippen molar-refractivity contribution in [1.29, 1.82) is 0 Å². The van der Waals surface area contributed by atoms with Gasteiger partial charge in [-0.05, 0) is 73.9 Å². The minimum absolute atomic E-state index is 0.589. The highest BCUT2D eigenvalue weighted by Crippen LogP contribution is 2.32. The van der Waals surface area contributed by atoms with E-state index in [-0.39, 0.29) is 0 Å². The van der Waals surface area contributed by atoms with Crippen LogP contribution in [0.5, 0.6) is 5.75 Å². The summed E-state index contributed by atoms with van der Waals surface area (Å²) in [6, 6.07) is 17.0. The summed E-state index contributed by atoms with van der Waals surface area (Å²) in [4.78, 5) is 0. The first-order valence-electron chi connectivity index (χ1n) is 12.6. The molecule has 0 aromatic heterocycles. The van der Waals surface area contributed by atoms with E-state index in [2.05, 4.69) is 55.2 Å². The highest BCUT2D eigenvalue weighted by atomic mass is 16.5. The van der Waals surface area contributed by atoms with Crippen LogP contribution >= 0.6 is 0 Å². The Balaban J connectivity index is 1.41. The molecule has 2 aromatic rings. The van der Waals surface area contributed by atoms with Crippen LogP contribution in [-0.2, 0) is 0 Å². The van der Waals surface area contributed by atoms with Gasteiger partial charge >= 0.3 is 0 Å². The van der Waals surface area contributed by atoms with Crippen LogP contribution in [-0.4, -0.2) is 6.61 Å². The van der Waals surface area contributed by atoms with E-state index in [4.69, 9.17) is 4.74 Å². The Labute approximate surface area is 190 Å². The Morgan fingerprint density at radius 3 is 2.00 bits per heavy atom. The number of rotatable bonds is 10. The second-order valence-electron chi connectivity index (χ2n) is 9.08. The molecule has 0 unspecified atom stereocenters. The maximum atomic E-state index is 5.53. The maximum absolute atomic E-state index is 5.53. The lowest BCUT2D eigenvalue weighted by Crippen LogP contribution is -2.13. The highest BCUT2D eigenvalue weighted by Gasteiger charge is 2.19. The molecule has 0 radical (unpaired) electrons. The average Bonchev–Trinajstić information content (AvgIpc) is 2.82. The molecule has 1 nitrogen and oxygen atoms in total. The van der Waals surface area contributed by atoms with Crippen LogP contribution in [0.2, 0.25) is 0 Å². The summed E-state index contributed by atoms with van der Waals surface area (Å²) in [5.41, 5.74) is 3.57. The summed E-state index contributed by atoms with van der Waals surface area (Å²) in [5, 5.41) is 0. The van der Waals surface area contributed by atoms with Crippen LogP contribution in [0.25, 0.3) is 11.1 Å². The molecular weight excluding hydrogens is 376 g/mol. The zero-order valence-corrected chi connectivity index (χ0v) is 19.7. The lowest BCUT2D eigenvalue weighted by molar-refractivity contribution is 0.293. The molecule has 0 bridgehead atoms. The minimum atomic E-state index is 0.589. The molecule has 3 rings (SSSR count). The second kappa shape index (κ2) is 13.3. The molecule has 1 fully saturated rings. The van der Waals surface area contributed by atoms with Crippen molar-refractivity contribution in [3.63, 3.8) is 0 Å². The molecule has 0 spiro atoms. The SMILES string of the molecule is CCCCCCCC[C@H]1CC[C@H](C#Cc2ccc(-c3ccc(OCC)cc3)cc2)CC1. The Hall–Kier alpha value is -2.20. The van der Waals surface area contributed by atoms with E-state index in [0.29, 0.717) is 12.5 Å². The molecule has 166 valence electrons. The Bertz CT molecular complexity index is 798. The number of benzene rings is 2. The van der Waals surface area contributed by atoms with Crippen molar-refractivity contribution in [2.75, 3.05) is 6.61 Å². The van der Waals surface area contributed by atoms with E-state index < -0.39 is 0 Å². The number of hydrogen-bond acceptors (Lipinski definition) is 1. The molecule has 1 aliphatic rings. The zero-order valence-electron chi connectivity index (χ0n) is 19.7. The molecular formula is C30H40O. The van der Waals surface area contributed by atoms with Gasteiger partial charge < -0.3 is 4.74 Å². The van der Waals surface area contributed by atoms with Crippen LogP contribution in [0.15, 0.2) is 48.5 Å². The van der Waals surface area contributed by atoms with E-state index in [1.54, 1.807) is 0 Å². The van der Waals surface area contributed by atoms with E-state index in [1.807, 2.05) is 19.1 Å². The largest absolute Gasteiger partial charge is 0.494 e. The molecule has 0 aliphatic heterocycles. The van der Waals surface area contributed by atoms with Crippen LogP contribution in [0.3, 0.4) is 0 Å². The van der Waals surface area contributed by atoms with Gasteiger partial charge in [0.1, 0.15) is 5.75 Å².